The van der Waals surface area contributed by atoms with Gasteiger partial charge in [-0.2, -0.15) is 0 Å². The smallest absolute Gasteiger partial charge is 0.222 e. The highest BCUT2D eigenvalue weighted by molar-refractivity contribution is 5.76. The largest absolute Gasteiger partial charge is 0.340 e. The predicted octanol–water partition coefficient (Wildman–Crippen LogP) is 0.608. The van der Waals surface area contributed by atoms with Crippen molar-refractivity contribution in [2.45, 2.75) is 26.2 Å². The van der Waals surface area contributed by atoms with Crippen molar-refractivity contribution in [3.05, 3.63) is 0 Å². The molecule has 0 unspecified atom stereocenters. The van der Waals surface area contributed by atoms with Crippen molar-refractivity contribution < 1.29 is 4.79 Å². The molecule has 0 aromatic carbocycles. The van der Waals surface area contributed by atoms with E-state index in [0.29, 0.717) is 5.91 Å². The van der Waals surface area contributed by atoms with Gasteiger partial charge in [0.15, 0.2) is 0 Å². The molecule has 1 rings (SSSR count). The molecule has 0 aliphatic carbocycles. The van der Waals surface area contributed by atoms with Crippen LogP contribution < -0.4 is 5.32 Å². The van der Waals surface area contributed by atoms with Crippen LogP contribution in [0.25, 0.3) is 0 Å². The molecule has 70 valence electrons. The van der Waals surface area contributed by atoms with Crippen LogP contribution in [0.5, 0.6) is 0 Å². The van der Waals surface area contributed by atoms with Crippen molar-refractivity contribution in [1.29, 1.82) is 0 Å². The number of carbonyl (C=O) groups excluding carboxylic acids is 1. The second-order valence-corrected chi connectivity index (χ2v) is 3.23. The van der Waals surface area contributed by atoms with Gasteiger partial charge in [0, 0.05) is 32.6 Å². The number of unbranched alkanes of at least 4 members (excludes halogenated alkanes) is 1. The highest BCUT2D eigenvalue weighted by Gasteiger charge is 2.14. The molecule has 1 saturated heterocycles. The molecule has 0 aromatic heterocycles. The first-order valence-corrected chi connectivity index (χ1v) is 4.83. The maximum Gasteiger partial charge on any atom is 0.222 e. The first kappa shape index (κ1) is 9.52. The molecule has 0 aromatic rings. The van der Waals surface area contributed by atoms with Crippen LogP contribution in [0.4, 0.5) is 0 Å². The molecule has 1 fully saturated rings. The summed E-state index contributed by atoms with van der Waals surface area (Å²) in [6, 6.07) is 0. The van der Waals surface area contributed by atoms with Crippen LogP contribution in [0.2, 0.25) is 0 Å². The van der Waals surface area contributed by atoms with Crippen molar-refractivity contribution in [3.63, 3.8) is 0 Å². The van der Waals surface area contributed by atoms with E-state index >= 15 is 0 Å². The number of nitrogens with zero attached hydrogens (tertiary/aromatic N) is 1. The van der Waals surface area contributed by atoms with Crippen LogP contribution in [-0.4, -0.2) is 37.0 Å². The third-order valence-corrected chi connectivity index (χ3v) is 2.21. The van der Waals surface area contributed by atoms with E-state index in [9.17, 15) is 4.79 Å². The summed E-state index contributed by atoms with van der Waals surface area (Å²) in [4.78, 5) is 13.4. The Bertz CT molecular complexity index is 141. The van der Waals surface area contributed by atoms with E-state index in [4.69, 9.17) is 0 Å². The number of hydrogen-bond acceptors (Lipinski definition) is 2. The van der Waals surface area contributed by atoms with Crippen molar-refractivity contribution in [1.82, 2.24) is 10.2 Å². The van der Waals surface area contributed by atoms with Gasteiger partial charge in [-0.3, -0.25) is 4.79 Å². The van der Waals surface area contributed by atoms with Crippen molar-refractivity contribution >= 4 is 5.91 Å². The molecule has 3 nitrogen and oxygen atoms in total. The summed E-state index contributed by atoms with van der Waals surface area (Å²) >= 11 is 0. The number of amides is 1. The summed E-state index contributed by atoms with van der Waals surface area (Å²) < 4.78 is 0. The minimum absolute atomic E-state index is 0.332. The standard InChI is InChI=1S/C9H18N2O/c1-2-3-4-9(12)11-7-5-10-6-8-11/h10H,2-8H2,1H3. The highest BCUT2D eigenvalue weighted by Crippen LogP contribution is 2.01. The summed E-state index contributed by atoms with van der Waals surface area (Å²) in [5.74, 6) is 0.332. The Labute approximate surface area is 74.1 Å². The minimum atomic E-state index is 0.332. The molecule has 1 amide bonds. The average molecular weight is 170 g/mol. The van der Waals surface area contributed by atoms with Gasteiger partial charge in [0.2, 0.25) is 5.91 Å². The van der Waals surface area contributed by atoms with Gasteiger partial charge in [0.1, 0.15) is 0 Å². The zero-order chi connectivity index (χ0) is 8.81. The first-order valence-electron chi connectivity index (χ1n) is 4.83. The van der Waals surface area contributed by atoms with E-state index in [0.717, 1.165) is 45.4 Å². The Hall–Kier alpha value is -0.570. The first-order chi connectivity index (χ1) is 5.84. The summed E-state index contributed by atoms with van der Waals surface area (Å²) in [6.45, 7) is 5.81. The Morgan fingerprint density at radius 1 is 1.42 bits per heavy atom. The van der Waals surface area contributed by atoms with Gasteiger partial charge < -0.3 is 10.2 Å². The number of carbonyl (C=O) groups is 1. The van der Waals surface area contributed by atoms with E-state index < -0.39 is 0 Å². The van der Waals surface area contributed by atoms with E-state index in [1.807, 2.05) is 4.90 Å². The SMILES string of the molecule is CCCCC(=O)N1CCNCC1. The lowest BCUT2D eigenvalue weighted by Crippen LogP contribution is -2.46. The number of rotatable bonds is 3. The quantitative estimate of drug-likeness (QED) is 0.673. The lowest BCUT2D eigenvalue weighted by Gasteiger charge is -2.27. The topological polar surface area (TPSA) is 32.3 Å². The van der Waals surface area contributed by atoms with Gasteiger partial charge in [-0.25, -0.2) is 0 Å². The van der Waals surface area contributed by atoms with Gasteiger partial charge in [0.05, 0.1) is 0 Å². The van der Waals surface area contributed by atoms with Crippen LogP contribution in [0.3, 0.4) is 0 Å². The van der Waals surface area contributed by atoms with Crippen LogP contribution in [0.15, 0.2) is 0 Å². The summed E-state index contributed by atoms with van der Waals surface area (Å²) in [5.41, 5.74) is 0. The zero-order valence-electron chi connectivity index (χ0n) is 7.81. The molecule has 12 heavy (non-hydrogen) atoms. The van der Waals surface area contributed by atoms with E-state index in [1.54, 1.807) is 0 Å². The van der Waals surface area contributed by atoms with Crippen LogP contribution in [0.1, 0.15) is 26.2 Å². The van der Waals surface area contributed by atoms with Crippen LogP contribution in [-0.2, 0) is 4.79 Å². The lowest BCUT2D eigenvalue weighted by molar-refractivity contribution is -0.131. The molecule has 0 bridgehead atoms. The Morgan fingerprint density at radius 2 is 2.08 bits per heavy atom. The second kappa shape index (κ2) is 5.14. The van der Waals surface area contributed by atoms with Crippen molar-refractivity contribution in [2.75, 3.05) is 26.2 Å². The normalized spacial score (nSPS) is 17.9. The van der Waals surface area contributed by atoms with Gasteiger partial charge in [-0.05, 0) is 6.42 Å². The van der Waals surface area contributed by atoms with E-state index in [2.05, 4.69) is 12.2 Å². The molecule has 1 aliphatic rings. The molecule has 1 aliphatic heterocycles. The van der Waals surface area contributed by atoms with E-state index in [-0.39, 0.29) is 0 Å². The third kappa shape index (κ3) is 2.81. The zero-order valence-corrected chi connectivity index (χ0v) is 7.81. The Morgan fingerprint density at radius 3 is 2.67 bits per heavy atom. The maximum absolute atomic E-state index is 11.5. The van der Waals surface area contributed by atoms with Gasteiger partial charge in [-0.1, -0.05) is 13.3 Å². The fraction of sp³-hybridized carbons (Fsp3) is 0.889. The predicted molar refractivity (Wildman–Crippen MR) is 49.0 cm³/mol. The van der Waals surface area contributed by atoms with Crippen LogP contribution in [0, 0.1) is 0 Å². The van der Waals surface area contributed by atoms with E-state index in [1.165, 1.54) is 0 Å². The summed E-state index contributed by atoms with van der Waals surface area (Å²) in [6.07, 6.45) is 2.87. The Kier molecular flexibility index (Phi) is 4.08. The molecule has 0 atom stereocenters. The molecular weight excluding hydrogens is 152 g/mol. The molecule has 3 heteroatoms. The maximum atomic E-state index is 11.5. The Balaban J connectivity index is 2.20. The number of piperazine rings is 1. The van der Waals surface area contributed by atoms with Crippen molar-refractivity contribution in [3.8, 4) is 0 Å². The molecule has 0 saturated carbocycles. The fourth-order valence-corrected chi connectivity index (χ4v) is 1.40. The van der Waals surface area contributed by atoms with Crippen molar-refractivity contribution in [2.24, 2.45) is 0 Å². The third-order valence-electron chi connectivity index (χ3n) is 2.21. The molecule has 1 N–H and O–H groups in total. The monoisotopic (exact) mass is 170 g/mol. The fourth-order valence-electron chi connectivity index (χ4n) is 1.40. The minimum Gasteiger partial charge on any atom is -0.340 e. The molecule has 1 heterocycles. The van der Waals surface area contributed by atoms with Gasteiger partial charge in [0.25, 0.3) is 0 Å². The molecular formula is C9H18N2O. The summed E-state index contributed by atoms with van der Waals surface area (Å²) in [7, 11) is 0. The molecule has 0 spiro atoms. The average Bonchev–Trinajstić information content (AvgIpc) is 2.15. The van der Waals surface area contributed by atoms with Crippen LogP contribution >= 0.6 is 0 Å². The number of hydrogen-bond donors (Lipinski definition) is 1. The molecule has 0 radical (unpaired) electrons. The number of nitrogens with one attached hydrogen (secondary N) is 1. The van der Waals surface area contributed by atoms with Gasteiger partial charge in [-0.15, -0.1) is 0 Å². The lowest BCUT2D eigenvalue weighted by atomic mass is 10.2. The van der Waals surface area contributed by atoms with Gasteiger partial charge >= 0.3 is 0 Å². The highest BCUT2D eigenvalue weighted by atomic mass is 16.2. The second-order valence-electron chi connectivity index (χ2n) is 3.23. The summed E-state index contributed by atoms with van der Waals surface area (Å²) in [5, 5.41) is 3.23.